The summed E-state index contributed by atoms with van der Waals surface area (Å²) in [6.45, 7) is 2.48. The van der Waals surface area contributed by atoms with E-state index < -0.39 is 12.0 Å². The zero-order valence-electron chi connectivity index (χ0n) is 15.5. The molecular weight excluding hydrogens is 348 g/mol. The van der Waals surface area contributed by atoms with Crippen molar-refractivity contribution in [3.63, 3.8) is 0 Å². The van der Waals surface area contributed by atoms with E-state index in [1.807, 2.05) is 55.5 Å². The van der Waals surface area contributed by atoms with Crippen LogP contribution in [0.15, 0.2) is 53.7 Å². The molecule has 27 heavy (non-hydrogen) atoms. The smallest absolute Gasteiger partial charge is 0.264 e. The number of hydrogen-bond acceptors (Lipinski definition) is 7. The van der Waals surface area contributed by atoms with Crippen LogP contribution in [0.3, 0.4) is 0 Å². The van der Waals surface area contributed by atoms with Crippen LogP contribution in [-0.2, 0) is 20.1 Å². The van der Waals surface area contributed by atoms with Gasteiger partial charge in [-0.1, -0.05) is 5.16 Å². The molecule has 2 aliphatic heterocycles. The molecule has 2 heterocycles. The summed E-state index contributed by atoms with van der Waals surface area (Å²) >= 11 is 0. The maximum absolute atomic E-state index is 6.06. The van der Waals surface area contributed by atoms with E-state index in [2.05, 4.69) is 5.16 Å². The predicted molar refractivity (Wildman–Crippen MR) is 98.2 cm³/mol. The monoisotopic (exact) mass is 370 g/mol. The Bertz CT molecular complexity index is 821. The van der Waals surface area contributed by atoms with E-state index >= 15 is 0 Å². The second-order valence-corrected chi connectivity index (χ2v) is 6.24. The van der Waals surface area contributed by atoms with Gasteiger partial charge in [-0.2, -0.15) is 5.06 Å². The van der Waals surface area contributed by atoms with Crippen LogP contribution in [0.1, 0.15) is 24.5 Å². The number of oxime groups is 1. The second-order valence-electron chi connectivity index (χ2n) is 6.24. The first-order chi connectivity index (χ1) is 13.2. The Labute approximate surface area is 158 Å². The molecule has 0 N–H and O–H groups in total. The minimum atomic E-state index is -0.874. The third-order valence-corrected chi connectivity index (χ3v) is 4.71. The number of benzene rings is 2. The van der Waals surface area contributed by atoms with Gasteiger partial charge in [-0.15, -0.1) is 0 Å². The van der Waals surface area contributed by atoms with Crippen molar-refractivity contribution >= 4 is 5.84 Å². The first-order valence-corrected chi connectivity index (χ1v) is 8.84. The molecule has 2 atom stereocenters. The number of hydrogen-bond donors (Lipinski definition) is 0. The molecular formula is C20H22N2O5. The van der Waals surface area contributed by atoms with Crippen molar-refractivity contribution in [3.05, 3.63) is 59.7 Å². The summed E-state index contributed by atoms with van der Waals surface area (Å²) in [4.78, 5) is 12.0. The standard InChI is InChI=1S/C20H22N2O5/c1-4-25-18-13-20(15-7-11-17(24-3)12-8-15)22(26-18)19(21-27-20)14-5-9-16(23-2)10-6-14/h5-12,18H,4,13H2,1-3H3/t18-,20-/m1/s1. The normalized spacial score (nSPS) is 23.6. The number of amidine groups is 1. The van der Waals surface area contributed by atoms with Crippen molar-refractivity contribution in [3.8, 4) is 11.5 Å². The van der Waals surface area contributed by atoms with Crippen LogP contribution < -0.4 is 9.47 Å². The fourth-order valence-electron chi connectivity index (χ4n) is 3.32. The summed E-state index contributed by atoms with van der Waals surface area (Å²) in [5.41, 5.74) is 0.905. The molecule has 2 aromatic carbocycles. The Balaban J connectivity index is 1.69. The summed E-state index contributed by atoms with van der Waals surface area (Å²) in [6, 6.07) is 15.3. The molecule has 0 bridgehead atoms. The zero-order chi connectivity index (χ0) is 18.9. The van der Waals surface area contributed by atoms with Crippen molar-refractivity contribution in [1.82, 2.24) is 5.06 Å². The van der Waals surface area contributed by atoms with Gasteiger partial charge in [-0.3, -0.25) is 0 Å². The minimum Gasteiger partial charge on any atom is -0.497 e. The van der Waals surface area contributed by atoms with Gasteiger partial charge in [-0.25, -0.2) is 4.84 Å². The molecule has 0 spiro atoms. The molecule has 0 unspecified atom stereocenters. The highest BCUT2D eigenvalue weighted by atomic mass is 16.9. The maximum Gasteiger partial charge on any atom is 0.264 e. The number of hydroxylamine groups is 2. The highest BCUT2D eigenvalue weighted by Crippen LogP contribution is 2.47. The number of fused-ring (bicyclic) bond motifs is 1. The molecule has 1 saturated heterocycles. The molecule has 0 radical (unpaired) electrons. The van der Waals surface area contributed by atoms with Gasteiger partial charge < -0.3 is 19.0 Å². The maximum atomic E-state index is 6.06. The van der Waals surface area contributed by atoms with E-state index in [1.165, 1.54) is 0 Å². The molecule has 0 aliphatic carbocycles. The average Bonchev–Trinajstić information content (AvgIpc) is 3.25. The fraction of sp³-hybridized carbons (Fsp3) is 0.350. The van der Waals surface area contributed by atoms with Crippen LogP contribution in [0.5, 0.6) is 11.5 Å². The van der Waals surface area contributed by atoms with Crippen molar-refractivity contribution in [2.75, 3.05) is 20.8 Å². The van der Waals surface area contributed by atoms with Crippen molar-refractivity contribution < 1.29 is 23.9 Å². The SMILES string of the molecule is CCO[C@H]1C[C@]2(c3ccc(OC)cc3)ON=C(c3ccc(OC)cc3)N2O1. The third-order valence-electron chi connectivity index (χ3n) is 4.71. The Morgan fingerprint density at radius 2 is 1.67 bits per heavy atom. The molecule has 2 aromatic rings. The lowest BCUT2D eigenvalue weighted by Gasteiger charge is -2.28. The van der Waals surface area contributed by atoms with Gasteiger partial charge in [0.1, 0.15) is 11.5 Å². The molecule has 4 rings (SSSR count). The van der Waals surface area contributed by atoms with Gasteiger partial charge >= 0.3 is 0 Å². The summed E-state index contributed by atoms with van der Waals surface area (Å²) in [5, 5.41) is 6.03. The van der Waals surface area contributed by atoms with E-state index in [9.17, 15) is 0 Å². The van der Waals surface area contributed by atoms with Gasteiger partial charge in [0.05, 0.1) is 20.6 Å². The number of methoxy groups -OCH3 is 2. The highest BCUT2D eigenvalue weighted by Gasteiger charge is 2.57. The Hall–Kier alpha value is -2.77. The van der Waals surface area contributed by atoms with Gasteiger partial charge in [0, 0.05) is 17.7 Å². The Kier molecular flexibility index (Phi) is 4.63. The van der Waals surface area contributed by atoms with Crippen molar-refractivity contribution in [1.29, 1.82) is 0 Å². The van der Waals surface area contributed by atoms with Crippen LogP contribution in [-0.4, -0.2) is 38.0 Å². The third kappa shape index (κ3) is 2.98. The van der Waals surface area contributed by atoms with Gasteiger partial charge in [-0.05, 0) is 55.5 Å². The van der Waals surface area contributed by atoms with E-state index in [0.29, 0.717) is 18.9 Å². The van der Waals surface area contributed by atoms with Crippen LogP contribution in [0.25, 0.3) is 0 Å². The molecule has 142 valence electrons. The van der Waals surface area contributed by atoms with E-state index in [0.717, 1.165) is 22.6 Å². The molecule has 0 saturated carbocycles. The number of rotatable bonds is 6. The fourth-order valence-corrected chi connectivity index (χ4v) is 3.32. The molecule has 7 heteroatoms. The summed E-state index contributed by atoms with van der Waals surface area (Å²) in [6.07, 6.45) is 0.0805. The predicted octanol–water partition coefficient (Wildman–Crippen LogP) is 3.25. The summed E-state index contributed by atoms with van der Waals surface area (Å²) < 4.78 is 16.2. The topological polar surface area (TPSA) is 61.8 Å². The Morgan fingerprint density at radius 1 is 1.04 bits per heavy atom. The Morgan fingerprint density at radius 3 is 2.26 bits per heavy atom. The lowest BCUT2D eigenvalue weighted by molar-refractivity contribution is -0.237. The largest absolute Gasteiger partial charge is 0.497 e. The minimum absolute atomic E-state index is 0.416. The van der Waals surface area contributed by atoms with E-state index in [1.54, 1.807) is 19.3 Å². The highest BCUT2D eigenvalue weighted by molar-refractivity contribution is 5.99. The quantitative estimate of drug-likeness (QED) is 0.778. The molecule has 2 aliphatic rings. The van der Waals surface area contributed by atoms with Crippen LogP contribution in [0.2, 0.25) is 0 Å². The zero-order valence-corrected chi connectivity index (χ0v) is 15.5. The van der Waals surface area contributed by atoms with Crippen LogP contribution in [0.4, 0.5) is 0 Å². The lowest BCUT2D eigenvalue weighted by Crippen LogP contribution is -2.40. The van der Waals surface area contributed by atoms with Crippen molar-refractivity contribution in [2.45, 2.75) is 25.4 Å². The van der Waals surface area contributed by atoms with Gasteiger partial charge in [0.25, 0.3) is 5.72 Å². The second kappa shape index (κ2) is 7.09. The molecule has 7 nitrogen and oxygen atoms in total. The summed E-state index contributed by atoms with van der Waals surface area (Å²) in [7, 11) is 3.27. The van der Waals surface area contributed by atoms with Crippen molar-refractivity contribution in [2.24, 2.45) is 5.16 Å². The van der Waals surface area contributed by atoms with Gasteiger partial charge in [0.2, 0.25) is 5.84 Å². The van der Waals surface area contributed by atoms with Crippen LogP contribution in [0, 0.1) is 0 Å². The molecule has 1 fully saturated rings. The van der Waals surface area contributed by atoms with E-state index in [4.69, 9.17) is 23.9 Å². The molecule has 0 amide bonds. The molecule has 0 aromatic heterocycles. The number of ether oxygens (including phenoxy) is 3. The first kappa shape index (κ1) is 17.6. The lowest BCUT2D eigenvalue weighted by atomic mass is 9.98. The summed E-state index contributed by atoms with van der Waals surface area (Å²) in [5.74, 6) is 2.14. The van der Waals surface area contributed by atoms with E-state index in [-0.39, 0.29) is 0 Å². The average molecular weight is 370 g/mol. The number of nitrogens with zero attached hydrogens (tertiary/aromatic N) is 2. The van der Waals surface area contributed by atoms with Gasteiger partial charge in [0.15, 0.2) is 6.29 Å². The first-order valence-electron chi connectivity index (χ1n) is 8.84. The van der Waals surface area contributed by atoms with Crippen LogP contribution >= 0.6 is 0 Å².